The standard InChI is InChI=1S/C16H20Cl2N2O/c17-12-8-11(9-13(19)15(12)18)16(21)20-7-3-6-14(20)10-4-1-2-5-10/h8-10,14H,1-7,19H2. The molecule has 1 aliphatic carbocycles. The summed E-state index contributed by atoms with van der Waals surface area (Å²) in [6.45, 7) is 0.833. The monoisotopic (exact) mass is 326 g/mol. The molecule has 0 spiro atoms. The van der Waals surface area contributed by atoms with E-state index in [1.807, 2.05) is 4.90 Å². The van der Waals surface area contributed by atoms with Gasteiger partial charge in [0.25, 0.3) is 5.91 Å². The van der Waals surface area contributed by atoms with Gasteiger partial charge in [0.1, 0.15) is 0 Å². The SMILES string of the molecule is Nc1cc(C(=O)N2CCCC2C2CCCC2)cc(Cl)c1Cl. The predicted octanol–water partition coefficient (Wildman–Crippen LogP) is 4.37. The number of nitrogens with zero attached hydrogens (tertiary/aromatic N) is 1. The van der Waals surface area contributed by atoms with Gasteiger partial charge >= 0.3 is 0 Å². The summed E-state index contributed by atoms with van der Waals surface area (Å²) in [7, 11) is 0. The number of hydrogen-bond donors (Lipinski definition) is 1. The molecule has 2 fully saturated rings. The minimum Gasteiger partial charge on any atom is -0.397 e. The van der Waals surface area contributed by atoms with Gasteiger partial charge in [-0.2, -0.15) is 0 Å². The lowest BCUT2D eigenvalue weighted by molar-refractivity contribution is 0.0689. The maximum Gasteiger partial charge on any atom is 0.254 e. The molecule has 2 aliphatic rings. The van der Waals surface area contributed by atoms with Crippen molar-refractivity contribution in [2.75, 3.05) is 12.3 Å². The van der Waals surface area contributed by atoms with E-state index >= 15 is 0 Å². The Balaban J connectivity index is 1.83. The van der Waals surface area contributed by atoms with Crippen LogP contribution in [0.2, 0.25) is 10.0 Å². The number of benzene rings is 1. The third-order valence-corrected chi connectivity index (χ3v) is 5.62. The zero-order chi connectivity index (χ0) is 15.0. The first-order chi connectivity index (χ1) is 10.1. The molecule has 1 saturated heterocycles. The predicted molar refractivity (Wildman–Crippen MR) is 86.9 cm³/mol. The summed E-state index contributed by atoms with van der Waals surface area (Å²) in [6.07, 6.45) is 7.29. The lowest BCUT2D eigenvalue weighted by atomic mass is 9.95. The van der Waals surface area contributed by atoms with E-state index in [1.54, 1.807) is 12.1 Å². The normalized spacial score (nSPS) is 23.0. The third kappa shape index (κ3) is 2.86. The highest BCUT2D eigenvalue weighted by molar-refractivity contribution is 6.43. The Labute approximate surface area is 135 Å². The molecule has 1 heterocycles. The second kappa shape index (κ2) is 6.05. The Hall–Kier alpha value is -0.930. The van der Waals surface area contributed by atoms with Gasteiger partial charge in [-0.3, -0.25) is 4.79 Å². The Bertz CT molecular complexity index is 532. The number of amides is 1. The molecule has 1 amide bonds. The molecule has 3 nitrogen and oxygen atoms in total. The van der Waals surface area contributed by atoms with E-state index in [-0.39, 0.29) is 5.91 Å². The number of anilines is 1. The van der Waals surface area contributed by atoms with Crippen LogP contribution in [0.3, 0.4) is 0 Å². The summed E-state index contributed by atoms with van der Waals surface area (Å²) in [5, 5.41) is 0.665. The fourth-order valence-corrected chi connectivity index (χ4v) is 4.11. The first kappa shape index (κ1) is 15.0. The number of hydrogen-bond acceptors (Lipinski definition) is 2. The minimum atomic E-state index is 0.0367. The molecule has 3 rings (SSSR count). The van der Waals surface area contributed by atoms with Crippen LogP contribution in [-0.2, 0) is 0 Å². The molecule has 1 atom stereocenters. The van der Waals surface area contributed by atoms with Crippen molar-refractivity contribution >= 4 is 34.8 Å². The van der Waals surface area contributed by atoms with Gasteiger partial charge in [-0.15, -0.1) is 0 Å². The van der Waals surface area contributed by atoms with Crippen molar-refractivity contribution in [2.24, 2.45) is 5.92 Å². The number of halogens is 2. The van der Waals surface area contributed by atoms with E-state index in [0.717, 1.165) is 19.4 Å². The highest BCUT2D eigenvalue weighted by atomic mass is 35.5. The van der Waals surface area contributed by atoms with E-state index in [1.165, 1.54) is 25.7 Å². The second-order valence-electron chi connectivity index (χ2n) is 6.11. The summed E-state index contributed by atoms with van der Waals surface area (Å²) in [4.78, 5) is 14.8. The summed E-state index contributed by atoms with van der Waals surface area (Å²) < 4.78 is 0. The van der Waals surface area contributed by atoms with Crippen LogP contribution in [0.1, 0.15) is 48.9 Å². The number of nitrogen functional groups attached to an aromatic ring is 1. The number of likely N-dealkylation sites (tertiary alicyclic amines) is 1. The van der Waals surface area contributed by atoms with Crippen molar-refractivity contribution < 1.29 is 4.79 Å². The fourth-order valence-electron chi connectivity index (χ4n) is 3.78. The van der Waals surface area contributed by atoms with Crippen molar-refractivity contribution in [1.29, 1.82) is 0 Å². The van der Waals surface area contributed by atoms with Gasteiger partial charge < -0.3 is 10.6 Å². The maximum atomic E-state index is 12.8. The van der Waals surface area contributed by atoms with Crippen LogP contribution in [-0.4, -0.2) is 23.4 Å². The van der Waals surface area contributed by atoms with Crippen LogP contribution < -0.4 is 5.73 Å². The first-order valence-corrected chi connectivity index (χ1v) is 8.39. The molecule has 1 unspecified atom stereocenters. The van der Waals surface area contributed by atoms with Gasteiger partial charge in [0.2, 0.25) is 0 Å². The molecule has 1 saturated carbocycles. The van der Waals surface area contributed by atoms with E-state index in [9.17, 15) is 4.79 Å². The first-order valence-electron chi connectivity index (χ1n) is 7.63. The van der Waals surface area contributed by atoms with Gasteiger partial charge in [-0.25, -0.2) is 0 Å². The minimum absolute atomic E-state index is 0.0367. The van der Waals surface area contributed by atoms with Crippen molar-refractivity contribution in [3.05, 3.63) is 27.7 Å². The average Bonchev–Trinajstić information content (AvgIpc) is 3.13. The maximum absolute atomic E-state index is 12.8. The number of rotatable bonds is 2. The van der Waals surface area contributed by atoms with Crippen molar-refractivity contribution in [3.8, 4) is 0 Å². The lowest BCUT2D eigenvalue weighted by Crippen LogP contribution is -2.39. The van der Waals surface area contributed by atoms with Crippen LogP contribution in [0, 0.1) is 5.92 Å². The van der Waals surface area contributed by atoms with E-state index < -0.39 is 0 Å². The topological polar surface area (TPSA) is 46.3 Å². The van der Waals surface area contributed by atoms with Gasteiger partial charge in [-0.1, -0.05) is 36.0 Å². The number of nitrogens with two attached hydrogens (primary N) is 1. The molecule has 0 bridgehead atoms. The quantitative estimate of drug-likeness (QED) is 0.820. The van der Waals surface area contributed by atoms with Gasteiger partial charge in [0.05, 0.1) is 15.7 Å². The Morgan fingerprint density at radius 1 is 1.14 bits per heavy atom. The van der Waals surface area contributed by atoms with Crippen LogP contribution in [0.25, 0.3) is 0 Å². The van der Waals surface area contributed by atoms with Crippen LogP contribution >= 0.6 is 23.2 Å². The molecular formula is C16H20Cl2N2O. The van der Waals surface area contributed by atoms with E-state index in [0.29, 0.717) is 33.3 Å². The molecule has 114 valence electrons. The highest BCUT2D eigenvalue weighted by Crippen LogP contribution is 2.37. The van der Waals surface area contributed by atoms with E-state index in [4.69, 9.17) is 28.9 Å². The summed E-state index contributed by atoms with van der Waals surface area (Å²) >= 11 is 12.0. The third-order valence-electron chi connectivity index (χ3n) is 4.81. The summed E-state index contributed by atoms with van der Waals surface area (Å²) in [5.74, 6) is 0.700. The Morgan fingerprint density at radius 2 is 1.86 bits per heavy atom. The molecule has 21 heavy (non-hydrogen) atoms. The number of carbonyl (C=O) groups is 1. The van der Waals surface area contributed by atoms with Gasteiger partial charge in [-0.05, 0) is 43.7 Å². The summed E-state index contributed by atoms with van der Waals surface area (Å²) in [5.41, 5.74) is 6.74. The van der Waals surface area contributed by atoms with Crippen LogP contribution in [0.15, 0.2) is 12.1 Å². The second-order valence-corrected chi connectivity index (χ2v) is 6.90. The molecule has 0 radical (unpaired) electrons. The largest absolute Gasteiger partial charge is 0.397 e. The fraction of sp³-hybridized carbons (Fsp3) is 0.562. The smallest absolute Gasteiger partial charge is 0.254 e. The van der Waals surface area contributed by atoms with Crippen molar-refractivity contribution in [3.63, 3.8) is 0 Å². The molecule has 0 aromatic heterocycles. The van der Waals surface area contributed by atoms with Gasteiger partial charge in [0, 0.05) is 18.2 Å². The molecule has 5 heteroatoms. The molecule has 1 aromatic rings. The molecule has 1 aromatic carbocycles. The zero-order valence-electron chi connectivity index (χ0n) is 11.9. The molecule has 2 N–H and O–H groups in total. The molecule has 1 aliphatic heterocycles. The van der Waals surface area contributed by atoms with Crippen molar-refractivity contribution in [1.82, 2.24) is 4.90 Å². The number of carbonyl (C=O) groups excluding carboxylic acids is 1. The molecular weight excluding hydrogens is 307 g/mol. The van der Waals surface area contributed by atoms with Crippen molar-refractivity contribution in [2.45, 2.75) is 44.6 Å². The zero-order valence-corrected chi connectivity index (χ0v) is 13.5. The Kier molecular flexibility index (Phi) is 4.32. The highest BCUT2D eigenvalue weighted by Gasteiger charge is 2.36. The van der Waals surface area contributed by atoms with E-state index in [2.05, 4.69) is 0 Å². The van der Waals surface area contributed by atoms with Crippen LogP contribution in [0.4, 0.5) is 5.69 Å². The van der Waals surface area contributed by atoms with Gasteiger partial charge in [0.15, 0.2) is 0 Å². The average molecular weight is 327 g/mol. The lowest BCUT2D eigenvalue weighted by Gasteiger charge is -2.29. The summed E-state index contributed by atoms with van der Waals surface area (Å²) in [6, 6.07) is 3.66. The Morgan fingerprint density at radius 3 is 2.52 bits per heavy atom. The van der Waals surface area contributed by atoms with Crippen LogP contribution in [0.5, 0.6) is 0 Å².